The zero-order chi connectivity index (χ0) is 20.5. The van der Waals surface area contributed by atoms with Gasteiger partial charge in [-0.15, -0.1) is 0 Å². The van der Waals surface area contributed by atoms with Crippen LogP contribution in [0, 0.1) is 0 Å². The summed E-state index contributed by atoms with van der Waals surface area (Å²) in [7, 11) is 3.97. The lowest BCUT2D eigenvalue weighted by atomic mass is 10.0. The monoisotopic (exact) mass is 395 g/mol. The van der Waals surface area contributed by atoms with Crippen molar-refractivity contribution in [1.82, 2.24) is 24.3 Å². The van der Waals surface area contributed by atoms with E-state index >= 15 is 0 Å². The highest BCUT2D eigenvalue weighted by atomic mass is 16.5. The van der Waals surface area contributed by atoms with Crippen LogP contribution in [0.2, 0.25) is 0 Å². The molecule has 0 aliphatic carbocycles. The molecule has 3 heterocycles. The average molecular weight is 395 g/mol. The smallest absolute Gasteiger partial charge is 0.147 e. The fourth-order valence-corrected chi connectivity index (χ4v) is 3.70. The predicted molar refractivity (Wildman–Crippen MR) is 117 cm³/mol. The number of ether oxygens (including phenoxy) is 1. The minimum Gasteiger partial charge on any atom is -0.486 e. The number of aryl methyl sites for hydroxylation is 2. The zero-order valence-corrected chi connectivity index (χ0v) is 16.9. The molecule has 0 aliphatic heterocycles. The molecule has 0 aliphatic rings. The van der Waals surface area contributed by atoms with Gasteiger partial charge in [0.25, 0.3) is 0 Å². The van der Waals surface area contributed by atoms with Crippen LogP contribution in [-0.4, -0.2) is 24.3 Å². The minimum atomic E-state index is 0.415. The highest BCUT2D eigenvalue weighted by Crippen LogP contribution is 2.32. The number of para-hydroxylation sites is 2. The third kappa shape index (κ3) is 3.22. The minimum absolute atomic E-state index is 0.415. The van der Waals surface area contributed by atoms with Crippen molar-refractivity contribution in [3.63, 3.8) is 0 Å². The molecule has 6 nitrogen and oxygen atoms in total. The Morgan fingerprint density at radius 1 is 0.867 bits per heavy atom. The Bertz CT molecular complexity index is 1300. The molecule has 5 rings (SSSR count). The van der Waals surface area contributed by atoms with Gasteiger partial charge in [0.1, 0.15) is 18.2 Å². The number of pyridine rings is 1. The van der Waals surface area contributed by atoms with E-state index in [1.54, 1.807) is 12.4 Å². The first-order chi connectivity index (χ1) is 14.7. The van der Waals surface area contributed by atoms with Gasteiger partial charge in [-0.2, -0.15) is 5.10 Å². The number of aromatic nitrogens is 5. The quantitative estimate of drug-likeness (QED) is 0.436. The van der Waals surface area contributed by atoms with E-state index < -0.39 is 0 Å². The van der Waals surface area contributed by atoms with Crippen molar-refractivity contribution in [3.05, 3.63) is 85.1 Å². The first-order valence-corrected chi connectivity index (χ1v) is 9.76. The molecule has 6 heteroatoms. The van der Waals surface area contributed by atoms with E-state index in [4.69, 9.17) is 4.74 Å². The van der Waals surface area contributed by atoms with Crippen molar-refractivity contribution in [2.24, 2.45) is 14.1 Å². The molecular weight excluding hydrogens is 374 g/mol. The first-order valence-electron chi connectivity index (χ1n) is 9.76. The molecule has 2 aromatic carbocycles. The second-order valence-corrected chi connectivity index (χ2v) is 7.16. The van der Waals surface area contributed by atoms with Gasteiger partial charge < -0.3 is 9.30 Å². The van der Waals surface area contributed by atoms with E-state index in [0.717, 1.165) is 45.0 Å². The van der Waals surface area contributed by atoms with Crippen molar-refractivity contribution in [2.45, 2.75) is 6.61 Å². The molecule has 0 fully saturated rings. The number of rotatable bonds is 5. The van der Waals surface area contributed by atoms with Crippen LogP contribution in [0.3, 0.4) is 0 Å². The molecule has 30 heavy (non-hydrogen) atoms. The highest BCUT2D eigenvalue weighted by Gasteiger charge is 2.13. The molecular formula is C24H21N5O. The number of imidazole rings is 1. The first kappa shape index (κ1) is 18.1. The summed E-state index contributed by atoms with van der Waals surface area (Å²) in [6, 6.07) is 20.2. The van der Waals surface area contributed by atoms with Gasteiger partial charge in [-0.1, -0.05) is 12.1 Å². The Labute approximate surface area is 174 Å². The molecule has 0 amide bonds. The van der Waals surface area contributed by atoms with Crippen LogP contribution in [0.25, 0.3) is 33.4 Å². The Morgan fingerprint density at radius 3 is 2.40 bits per heavy atom. The predicted octanol–water partition coefficient (Wildman–Crippen LogP) is 4.61. The third-order valence-electron chi connectivity index (χ3n) is 5.31. The van der Waals surface area contributed by atoms with E-state index in [0.29, 0.717) is 6.61 Å². The van der Waals surface area contributed by atoms with Crippen LogP contribution >= 0.6 is 0 Å². The molecule has 0 N–H and O–H groups in total. The Balaban J connectivity index is 1.38. The standard InChI is InChI=1S/C24H21N5O/c1-28-22-6-4-3-5-21(22)27-23(28)16-30-19-9-7-18(8-10-19)24-20(15-26-29(24)2)17-11-13-25-14-12-17/h3-15H,16H2,1-2H3. The molecule has 0 radical (unpaired) electrons. The maximum absolute atomic E-state index is 6.01. The fraction of sp³-hybridized carbons (Fsp3) is 0.125. The van der Waals surface area contributed by atoms with Crippen LogP contribution < -0.4 is 4.74 Å². The number of nitrogens with zero attached hydrogens (tertiary/aromatic N) is 5. The van der Waals surface area contributed by atoms with Gasteiger partial charge in [0.05, 0.1) is 22.9 Å². The summed E-state index contributed by atoms with van der Waals surface area (Å²) in [6.45, 7) is 0.415. The van der Waals surface area contributed by atoms with Crippen molar-refractivity contribution in [3.8, 4) is 28.1 Å². The lowest BCUT2D eigenvalue weighted by Gasteiger charge is -2.09. The summed E-state index contributed by atoms with van der Waals surface area (Å²) >= 11 is 0. The van der Waals surface area contributed by atoms with E-state index in [1.807, 2.05) is 67.4 Å². The Hall–Kier alpha value is -3.93. The number of benzene rings is 2. The van der Waals surface area contributed by atoms with Gasteiger partial charge in [0, 0.05) is 37.6 Å². The second-order valence-electron chi connectivity index (χ2n) is 7.16. The van der Waals surface area contributed by atoms with E-state index in [-0.39, 0.29) is 0 Å². The number of hydrogen-bond donors (Lipinski definition) is 0. The van der Waals surface area contributed by atoms with Crippen molar-refractivity contribution >= 4 is 11.0 Å². The molecule has 0 atom stereocenters. The Morgan fingerprint density at radius 2 is 1.63 bits per heavy atom. The van der Waals surface area contributed by atoms with Crippen LogP contribution in [-0.2, 0) is 20.7 Å². The summed E-state index contributed by atoms with van der Waals surface area (Å²) in [5.41, 5.74) is 6.39. The number of fused-ring (bicyclic) bond motifs is 1. The SMILES string of the molecule is Cn1ncc(-c2ccncc2)c1-c1ccc(OCc2nc3ccccc3n2C)cc1. The lowest BCUT2D eigenvalue weighted by molar-refractivity contribution is 0.292. The van der Waals surface area contributed by atoms with Crippen molar-refractivity contribution in [1.29, 1.82) is 0 Å². The van der Waals surface area contributed by atoms with Gasteiger partial charge in [-0.3, -0.25) is 9.67 Å². The van der Waals surface area contributed by atoms with E-state index in [1.165, 1.54) is 0 Å². The molecule has 0 saturated carbocycles. The number of hydrogen-bond acceptors (Lipinski definition) is 4. The molecule has 0 spiro atoms. The van der Waals surface area contributed by atoms with Crippen molar-refractivity contribution in [2.75, 3.05) is 0 Å². The zero-order valence-electron chi connectivity index (χ0n) is 16.9. The lowest BCUT2D eigenvalue weighted by Crippen LogP contribution is -2.03. The summed E-state index contributed by atoms with van der Waals surface area (Å²) in [6.07, 6.45) is 5.48. The molecule has 3 aromatic heterocycles. The van der Waals surface area contributed by atoms with Gasteiger partial charge in [0.15, 0.2) is 0 Å². The van der Waals surface area contributed by atoms with Gasteiger partial charge in [0.2, 0.25) is 0 Å². The third-order valence-corrected chi connectivity index (χ3v) is 5.31. The molecule has 0 bridgehead atoms. The van der Waals surface area contributed by atoms with Crippen LogP contribution in [0.5, 0.6) is 5.75 Å². The molecule has 0 unspecified atom stereocenters. The summed E-state index contributed by atoms with van der Waals surface area (Å²) in [5.74, 6) is 1.70. The van der Waals surface area contributed by atoms with Gasteiger partial charge in [-0.05, 0) is 54.1 Å². The normalized spacial score (nSPS) is 11.1. The average Bonchev–Trinajstić information content (AvgIpc) is 3.33. The molecule has 5 aromatic rings. The Kier molecular flexibility index (Phi) is 4.52. The van der Waals surface area contributed by atoms with Crippen LogP contribution in [0.15, 0.2) is 79.3 Å². The van der Waals surface area contributed by atoms with Gasteiger partial charge >= 0.3 is 0 Å². The molecule has 0 saturated heterocycles. The maximum atomic E-state index is 6.01. The van der Waals surface area contributed by atoms with Gasteiger partial charge in [-0.25, -0.2) is 4.98 Å². The largest absolute Gasteiger partial charge is 0.486 e. The van der Waals surface area contributed by atoms with Crippen molar-refractivity contribution < 1.29 is 4.74 Å². The van der Waals surface area contributed by atoms with E-state index in [9.17, 15) is 0 Å². The topological polar surface area (TPSA) is 57.8 Å². The van der Waals surface area contributed by atoms with Crippen LogP contribution in [0.1, 0.15) is 5.82 Å². The van der Waals surface area contributed by atoms with E-state index in [2.05, 4.69) is 37.8 Å². The molecule has 148 valence electrons. The summed E-state index contributed by atoms with van der Waals surface area (Å²) < 4.78 is 9.97. The maximum Gasteiger partial charge on any atom is 0.147 e. The second kappa shape index (κ2) is 7.48. The summed E-state index contributed by atoms with van der Waals surface area (Å²) in [5, 5.41) is 4.45. The van der Waals surface area contributed by atoms with Crippen LogP contribution in [0.4, 0.5) is 0 Å². The fourth-order valence-electron chi connectivity index (χ4n) is 3.70. The highest BCUT2D eigenvalue weighted by molar-refractivity contribution is 5.80. The summed E-state index contributed by atoms with van der Waals surface area (Å²) in [4.78, 5) is 8.77.